The minimum Gasteiger partial charge on any atom is -0.370 e. The Labute approximate surface area is 155 Å². The highest BCUT2D eigenvalue weighted by Crippen LogP contribution is 2.32. The van der Waals surface area contributed by atoms with Gasteiger partial charge in [0.2, 0.25) is 5.89 Å². The predicted molar refractivity (Wildman–Crippen MR) is 101 cm³/mol. The molecule has 1 fully saturated rings. The zero-order valence-electron chi connectivity index (χ0n) is 16.0. The summed E-state index contributed by atoms with van der Waals surface area (Å²) in [6, 6.07) is 10.6. The lowest BCUT2D eigenvalue weighted by Gasteiger charge is -2.16. The summed E-state index contributed by atoms with van der Waals surface area (Å²) in [7, 11) is 0. The van der Waals surface area contributed by atoms with Gasteiger partial charge in [0, 0.05) is 25.6 Å². The van der Waals surface area contributed by atoms with Crippen molar-refractivity contribution in [1.29, 1.82) is 0 Å². The van der Waals surface area contributed by atoms with Gasteiger partial charge in [0.1, 0.15) is 6.10 Å². The Hall–Kier alpha value is -1.76. The summed E-state index contributed by atoms with van der Waals surface area (Å²) in [6.45, 7) is 10.2. The average molecular weight is 358 g/mol. The molecule has 6 heteroatoms. The van der Waals surface area contributed by atoms with Crippen LogP contribution in [-0.4, -0.2) is 41.3 Å². The van der Waals surface area contributed by atoms with Gasteiger partial charge in [-0.15, -0.1) is 0 Å². The van der Waals surface area contributed by atoms with Crippen molar-refractivity contribution >= 4 is 0 Å². The Kier molecular flexibility index (Phi) is 6.40. The number of hydrogen-bond donors (Lipinski definition) is 1. The third-order valence-electron chi connectivity index (χ3n) is 4.93. The van der Waals surface area contributed by atoms with Crippen LogP contribution in [0.3, 0.4) is 0 Å². The lowest BCUT2D eigenvalue weighted by Crippen LogP contribution is -2.23. The summed E-state index contributed by atoms with van der Waals surface area (Å²) in [5, 5.41) is 4.09. The van der Waals surface area contributed by atoms with Crippen molar-refractivity contribution in [2.45, 2.75) is 39.3 Å². The number of nitrogens with zero attached hydrogens (tertiary/aromatic N) is 3. The molecule has 6 nitrogen and oxygen atoms in total. The molecule has 0 amide bonds. The van der Waals surface area contributed by atoms with Crippen molar-refractivity contribution in [1.82, 2.24) is 15.0 Å². The molecule has 3 rings (SSSR count). The molecule has 26 heavy (non-hydrogen) atoms. The van der Waals surface area contributed by atoms with Crippen LogP contribution in [0.1, 0.15) is 50.1 Å². The number of benzene rings is 1. The second-order valence-electron chi connectivity index (χ2n) is 7.62. The van der Waals surface area contributed by atoms with Crippen LogP contribution in [0.2, 0.25) is 0 Å². The average Bonchev–Trinajstić information content (AvgIpc) is 3.27. The second kappa shape index (κ2) is 8.75. The summed E-state index contributed by atoms with van der Waals surface area (Å²) in [5.74, 6) is 2.65. The Morgan fingerprint density at radius 2 is 2.00 bits per heavy atom. The molecular weight excluding hydrogens is 328 g/mol. The first-order valence-electron chi connectivity index (χ1n) is 9.48. The highest BCUT2D eigenvalue weighted by Gasteiger charge is 2.33. The Morgan fingerprint density at radius 3 is 2.69 bits per heavy atom. The van der Waals surface area contributed by atoms with Crippen molar-refractivity contribution in [3.63, 3.8) is 0 Å². The van der Waals surface area contributed by atoms with Crippen LogP contribution in [0.15, 0.2) is 34.9 Å². The van der Waals surface area contributed by atoms with Gasteiger partial charge in [-0.1, -0.05) is 49.3 Å². The Bertz CT molecular complexity index is 673. The number of nitrogens with two attached hydrogens (primary N) is 1. The molecule has 0 radical (unpaired) electrons. The molecule has 0 spiro atoms. The minimum atomic E-state index is -0.151. The fourth-order valence-electron chi connectivity index (χ4n) is 3.51. The molecule has 142 valence electrons. The van der Waals surface area contributed by atoms with Crippen LogP contribution in [0.4, 0.5) is 0 Å². The van der Waals surface area contributed by atoms with Gasteiger partial charge < -0.3 is 15.0 Å². The maximum Gasteiger partial charge on any atom is 0.240 e. The maximum absolute atomic E-state index is 6.02. The lowest BCUT2D eigenvalue weighted by atomic mass is 9.89. The van der Waals surface area contributed by atoms with Crippen LogP contribution in [0.5, 0.6) is 0 Å². The number of hydrogen-bond acceptors (Lipinski definition) is 6. The van der Waals surface area contributed by atoms with E-state index >= 15 is 0 Å². The number of aromatic nitrogens is 2. The summed E-state index contributed by atoms with van der Waals surface area (Å²) in [6.07, 6.45) is -0.151. The molecule has 0 saturated carbocycles. The lowest BCUT2D eigenvalue weighted by molar-refractivity contribution is 0.0402. The van der Waals surface area contributed by atoms with Gasteiger partial charge >= 0.3 is 0 Å². The van der Waals surface area contributed by atoms with Crippen LogP contribution in [0.25, 0.3) is 0 Å². The summed E-state index contributed by atoms with van der Waals surface area (Å²) >= 11 is 0. The molecule has 0 bridgehead atoms. The number of ether oxygens (including phenoxy) is 1. The van der Waals surface area contributed by atoms with E-state index in [4.69, 9.17) is 15.0 Å². The standard InChI is InChI=1S/C20H30N4O2/c1-14(2)13-25-15(3)20-22-19(26-23-20)12-24-10-17(9-21)18(11-24)16-7-5-4-6-8-16/h4-8,14-15,17-18H,9-13,21H2,1-3H3/t15?,17-,18+/m1/s1. The van der Waals surface area contributed by atoms with Crippen molar-refractivity contribution in [3.8, 4) is 0 Å². The molecule has 1 saturated heterocycles. The van der Waals surface area contributed by atoms with Crippen LogP contribution in [-0.2, 0) is 11.3 Å². The fourth-order valence-corrected chi connectivity index (χ4v) is 3.51. The van der Waals surface area contributed by atoms with E-state index < -0.39 is 0 Å². The second-order valence-corrected chi connectivity index (χ2v) is 7.62. The van der Waals surface area contributed by atoms with Gasteiger partial charge in [-0.3, -0.25) is 4.90 Å². The van der Waals surface area contributed by atoms with E-state index in [9.17, 15) is 0 Å². The first-order valence-corrected chi connectivity index (χ1v) is 9.48. The monoisotopic (exact) mass is 358 g/mol. The fraction of sp³-hybridized carbons (Fsp3) is 0.600. The number of likely N-dealkylation sites (tertiary alicyclic amines) is 1. The summed E-state index contributed by atoms with van der Waals surface area (Å²) in [5.41, 5.74) is 7.38. The van der Waals surface area contributed by atoms with Gasteiger partial charge in [0.05, 0.1) is 6.54 Å². The Balaban J connectivity index is 1.59. The molecular formula is C20H30N4O2. The molecule has 1 aliphatic rings. The molecule has 2 aromatic rings. The molecule has 0 aliphatic carbocycles. The van der Waals surface area contributed by atoms with Gasteiger partial charge in [-0.25, -0.2) is 0 Å². The normalized spacial score (nSPS) is 22.2. The van der Waals surface area contributed by atoms with Crippen molar-refractivity contribution in [2.24, 2.45) is 17.6 Å². The number of rotatable bonds is 8. The van der Waals surface area contributed by atoms with Crippen molar-refractivity contribution < 1.29 is 9.26 Å². The highest BCUT2D eigenvalue weighted by molar-refractivity contribution is 5.22. The van der Waals surface area contributed by atoms with E-state index in [2.05, 4.69) is 59.2 Å². The molecule has 2 heterocycles. The molecule has 2 N–H and O–H groups in total. The van der Waals surface area contributed by atoms with E-state index in [1.165, 1.54) is 5.56 Å². The first kappa shape index (κ1) is 19.0. The van der Waals surface area contributed by atoms with E-state index in [0.717, 1.165) is 13.1 Å². The zero-order chi connectivity index (χ0) is 18.5. The molecule has 1 aliphatic heterocycles. The first-order chi connectivity index (χ1) is 12.6. The Morgan fingerprint density at radius 1 is 1.23 bits per heavy atom. The van der Waals surface area contributed by atoms with Gasteiger partial charge in [-0.05, 0) is 30.9 Å². The quantitative estimate of drug-likeness (QED) is 0.782. The van der Waals surface area contributed by atoms with Crippen LogP contribution in [0, 0.1) is 11.8 Å². The van der Waals surface area contributed by atoms with E-state index in [0.29, 0.717) is 49.2 Å². The third-order valence-corrected chi connectivity index (χ3v) is 4.93. The molecule has 1 aromatic carbocycles. The van der Waals surface area contributed by atoms with E-state index in [-0.39, 0.29) is 6.10 Å². The topological polar surface area (TPSA) is 77.4 Å². The van der Waals surface area contributed by atoms with Crippen LogP contribution >= 0.6 is 0 Å². The van der Waals surface area contributed by atoms with Crippen LogP contribution < -0.4 is 5.73 Å². The molecule has 1 aromatic heterocycles. The SMILES string of the molecule is CC(C)COC(C)c1noc(CN2C[C@@H](CN)[C@H](c3ccccc3)C2)n1. The van der Waals surface area contributed by atoms with E-state index in [1.54, 1.807) is 0 Å². The molecule has 3 atom stereocenters. The van der Waals surface area contributed by atoms with Gasteiger partial charge in [0.15, 0.2) is 5.82 Å². The minimum absolute atomic E-state index is 0.151. The van der Waals surface area contributed by atoms with Gasteiger partial charge in [-0.2, -0.15) is 4.98 Å². The van der Waals surface area contributed by atoms with Crippen molar-refractivity contribution in [2.75, 3.05) is 26.2 Å². The maximum atomic E-state index is 6.02. The van der Waals surface area contributed by atoms with E-state index in [1.807, 2.05) is 6.92 Å². The molecule has 1 unspecified atom stereocenters. The van der Waals surface area contributed by atoms with Gasteiger partial charge in [0.25, 0.3) is 0 Å². The third kappa shape index (κ3) is 4.69. The largest absolute Gasteiger partial charge is 0.370 e. The van der Waals surface area contributed by atoms with Crippen molar-refractivity contribution in [3.05, 3.63) is 47.6 Å². The summed E-state index contributed by atoms with van der Waals surface area (Å²) < 4.78 is 11.2. The summed E-state index contributed by atoms with van der Waals surface area (Å²) in [4.78, 5) is 6.88. The predicted octanol–water partition coefficient (Wildman–Crippen LogP) is 2.98. The highest BCUT2D eigenvalue weighted by atomic mass is 16.5. The smallest absolute Gasteiger partial charge is 0.240 e. The zero-order valence-corrected chi connectivity index (χ0v) is 16.0.